The number of hydrogen-bond acceptors (Lipinski definition) is 5. The van der Waals surface area contributed by atoms with Crippen molar-refractivity contribution in [3.05, 3.63) is 12.2 Å². The molecule has 2 aliphatic rings. The smallest absolute Gasteiger partial charge is 0.317 e. The van der Waals surface area contributed by atoms with E-state index in [2.05, 4.69) is 29.7 Å². The zero-order chi connectivity index (χ0) is 31.6. The molecule has 43 heavy (non-hydrogen) atoms. The third-order valence-electron chi connectivity index (χ3n) is 8.41. The van der Waals surface area contributed by atoms with Gasteiger partial charge in [-0.2, -0.15) is 0 Å². The number of nitrogens with one attached hydrogen (secondary N) is 2. The Morgan fingerprint density at radius 3 is 1.93 bits per heavy atom. The van der Waals surface area contributed by atoms with E-state index in [1.165, 1.54) is 70.6 Å². The summed E-state index contributed by atoms with van der Waals surface area (Å²) in [5, 5.41) is 5.90. The monoisotopic (exact) mass is 606 g/mol. The summed E-state index contributed by atoms with van der Waals surface area (Å²) in [5.74, 6) is -1.05. The number of piperazine rings is 1. The molecule has 1 unspecified atom stereocenters. The number of ether oxygens (including phenoxy) is 2. The summed E-state index contributed by atoms with van der Waals surface area (Å²) in [4.78, 5) is 41.6. The SMILES string of the molecule is CCCCCCCC/C=C/CCCCCCCNC(=O)N1CCN(C(=O)CCNC(=O)C2OC(C)(C)OCC2(C)C)CC1. The van der Waals surface area contributed by atoms with Gasteiger partial charge in [-0.05, 0) is 46.0 Å². The predicted octanol–water partition coefficient (Wildman–Crippen LogP) is 6.17. The minimum atomic E-state index is -0.816. The van der Waals surface area contributed by atoms with Crippen LogP contribution in [0.25, 0.3) is 0 Å². The summed E-state index contributed by atoms with van der Waals surface area (Å²) >= 11 is 0. The first-order valence-corrected chi connectivity index (χ1v) is 17.1. The lowest BCUT2D eigenvalue weighted by Gasteiger charge is -2.44. The van der Waals surface area contributed by atoms with Crippen LogP contribution in [0.3, 0.4) is 0 Å². The molecule has 9 nitrogen and oxygen atoms in total. The van der Waals surface area contributed by atoms with E-state index in [0.717, 1.165) is 12.8 Å². The van der Waals surface area contributed by atoms with Gasteiger partial charge in [-0.25, -0.2) is 4.79 Å². The van der Waals surface area contributed by atoms with Gasteiger partial charge in [0.25, 0.3) is 0 Å². The van der Waals surface area contributed by atoms with Gasteiger partial charge in [0.2, 0.25) is 11.8 Å². The number of unbranched alkanes of at least 4 members (excludes halogenated alkanes) is 11. The maximum absolute atomic E-state index is 12.8. The molecule has 2 aliphatic heterocycles. The number of hydrogen-bond donors (Lipinski definition) is 2. The molecule has 4 amide bonds. The fourth-order valence-electron chi connectivity index (χ4n) is 5.53. The molecule has 2 saturated heterocycles. The van der Waals surface area contributed by atoms with Crippen molar-refractivity contribution in [3.63, 3.8) is 0 Å². The van der Waals surface area contributed by atoms with Crippen LogP contribution in [0.15, 0.2) is 12.2 Å². The predicted molar refractivity (Wildman–Crippen MR) is 173 cm³/mol. The van der Waals surface area contributed by atoms with E-state index in [-0.39, 0.29) is 30.8 Å². The first-order valence-electron chi connectivity index (χ1n) is 17.1. The Morgan fingerprint density at radius 1 is 0.744 bits per heavy atom. The third kappa shape index (κ3) is 14.9. The van der Waals surface area contributed by atoms with E-state index >= 15 is 0 Å². The summed E-state index contributed by atoms with van der Waals surface area (Å²) in [6, 6.07) is -0.0446. The molecule has 0 spiro atoms. The molecule has 0 aliphatic carbocycles. The lowest BCUT2D eigenvalue weighted by molar-refractivity contribution is -0.304. The zero-order valence-corrected chi connectivity index (χ0v) is 28.0. The molecule has 2 fully saturated rings. The summed E-state index contributed by atoms with van der Waals surface area (Å²) in [6.07, 6.45) is 20.7. The number of amides is 4. The Labute approximate surface area is 261 Å². The van der Waals surface area contributed by atoms with Gasteiger partial charge < -0.3 is 29.9 Å². The Kier molecular flexibility index (Phi) is 17.2. The largest absolute Gasteiger partial charge is 0.353 e. The van der Waals surface area contributed by atoms with Crippen molar-refractivity contribution in [1.29, 1.82) is 0 Å². The molecule has 2 heterocycles. The van der Waals surface area contributed by atoms with E-state index in [9.17, 15) is 14.4 Å². The third-order valence-corrected chi connectivity index (χ3v) is 8.41. The van der Waals surface area contributed by atoms with Gasteiger partial charge in [0.15, 0.2) is 5.79 Å². The van der Waals surface area contributed by atoms with Gasteiger partial charge in [-0.15, -0.1) is 0 Å². The summed E-state index contributed by atoms with van der Waals surface area (Å²) in [7, 11) is 0. The van der Waals surface area contributed by atoms with Crippen LogP contribution in [-0.4, -0.2) is 85.4 Å². The van der Waals surface area contributed by atoms with Gasteiger partial charge >= 0.3 is 6.03 Å². The highest BCUT2D eigenvalue weighted by Crippen LogP contribution is 2.34. The highest BCUT2D eigenvalue weighted by atomic mass is 16.7. The Balaban J connectivity index is 1.46. The standard InChI is InChI=1S/C34H62N4O5/c1-6-7-8-9-10-11-12-13-14-15-16-17-18-19-20-22-36-32(41)38-26-24-37(25-27-38)29(39)21-23-35-31(40)30-33(2,3)28-42-34(4,5)43-30/h13-14,30H,6-12,15-28H2,1-5H3,(H,35,40)(H,36,41)/b14-13+. The number of carbonyl (C=O) groups excluding carboxylic acids is 3. The second-order valence-corrected chi connectivity index (χ2v) is 13.4. The quantitative estimate of drug-likeness (QED) is 0.135. The molecule has 0 saturated carbocycles. The van der Waals surface area contributed by atoms with Crippen LogP contribution in [0.5, 0.6) is 0 Å². The molecule has 0 aromatic heterocycles. The average Bonchev–Trinajstić information content (AvgIpc) is 2.98. The maximum atomic E-state index is 12.8. The van der Waals surface area contributed by atoms with Gasteiger partial charge in [0, 0.05) is 51.1 Å². The number of rotatable bonds is 19. The van der Waals surface area contributed by atoms with Gasteiger partial charge in [-0.1, -0.05) is 84.3 Å². The van der Waals surface area contributed by atoms with Crippen molar-refractivity contribution < 1.29 is 23.9 Å². The number of carbonyl (C=O) groups is 3. The van der Waals surface area contributed by atoms with E-state index in [4.69, 9.17) is 9.47 Å². The summed E-state index contributed by atoms with van der Waals surface area (Å²) in [6.45, 7) is 13.2. The zero-order valence-electron chi connectivity index (χ0n) is 28.0. The van der Waals surface area contributed by atoms with Crippen LogP contribution in [0.1, 0.15) is 125 Å². The molecular weight excluding hydrogens is 544 g/mol. The molecule has 2 N–H and O–H groups in total. The highest BCUT2D eigenvalue weighted by molar-refractivity contribution is 5.83. The van der Waals surface area contributed by atoms with E-state index < -0.39 is 17.3 Å². The Bertz CT molecular complexity index is 852. The number of nitrogens with zero attached hydrogens (tertiary/aromatic N) is 2. The van der Waals surface area contributed by atoms with Crippen molar-refractivity contribution in [3.8, 4) is 0 Å². The second-order valence-electron chi connectivity index (χ2n) is 13.4. The molecule has 0 radical (unpaired) electrons. The molecule has 0 aromatic carbocycles. The van der Waals surface area contributed by atoms with Gasteiger partial charge in [-0.3, -0.25) is 9.59 Å². The van der Waals surface area contributed by atoms with Crippen molar-refractivity contribution in [2.75, 3.05) is 45.9 Å². The van der Waals surface area contributed by atoms with Gasteiger partial charge in [0.05, 0.1) is 6.61 Å². The van der Waals surface area contributed by atoms with E-state index in [1.807, 2.05) is 13.8 Å². The van der Waals surface area contributed by atoms with Crippen molar-refractivity contribution in [2.24, 2.45) is 5.41 Å². The average molecular weight is 607 g/mol. The van der Waals surface area contributed by atoms with Crippen LogP contribution in [0.2, 0.25) is 0 Å². The second kappa shape index (κ2) is 20.0. The lowest BCUT2D eigenvalue weighted by atomic mass is 9.85. The minimum absolute atomic E-state index is 0.0128. The normalized spacial score (nSPS) is 19.9. The van der Waals surface area contributed by atoms with Crippen LogP contribution < -0.4 is 10.6 Å². The minimum Gasteiger partial charge on any atom is -0.353 e. The number of allylic oxidation sites excluding steroid dienone is 2. The number of urea groups is 1. The van der Waals surface area contributed by atoms with Crippen LogP contribution >= 0.6 is 0 Å². The van der Waals surface area contributed by atoms with E-state index in [0.29, 0.717) is 39.3 Å². The maximum Gasteiger partial charge on any atom is 0.317 e. The first kappa shape index (κ1) is 37.1. The molecule has 0 aromatic rings. The summed E-state index contributed by atoms with van der Waals surface area (Å²) in [5.41, 5.74) is -0.454. The topological polar surface area (TPSA) is 100 Å². The fraction of sp³-hybridized carbons (Fsp3) is 0.853. The molecule has 248 valence electrons. The highest BCUT2D eigenvalue weighted by Gasteiger charge is 2.45. The fourth-order valence-corrected chi connectivity index (χ4v) is 5.53. The van der Waals surface area contributed by atoms with Crippen molar-refractivity contribution in [1.82, 2.24) is 20.4 Å². The summed E-state index contributed by atoms with van der Waals surface area (Å²) < 4.78 is 11.5. The molecular formula is C34H62N4O5. The van der Waals surface area contributed by atoms with E-state index in [1.54, 1.807) is 23.6 Å². The van der Waals surface area contributed by atoms with Crippen LogP contribution in [0.4, 0.5) is 4.79 Å². The van der Waals surface area contributed by atoms with Gasteiger partial charge in [0.1, 0.15) is 6.10 Å². The first-order chi connectivity index (χ1) is 20.6. The molecule has 2 rings (SSSR count). The van der Waals surface area contributed by atoms with Crippen molar-refractivity contribution in [2.45, 2.75) is 136 Å². The molecule has 1 atom stereocenters. The van der Waals surface area contributed by atoms with Crippen molar-refractivity contribution >= 4 is 17.8 Å². The molecule has 9 heteroatoms. The Hall–Kier alpha value is -2.13. The Morgan fingerprint density at radius 2 is 1.30 bits per heavy atom. The van der Waals surface area contributed by atoms with Crippen LogP contribution in [-0.2, 0) is 19.1 Å². The lowest BCUT2D eigenvalue weighted by Crippen LogP contribution is -2.57. The molecule has 0 bridgehead atoms. The van der Waals surface area contributed by atoms with Crippen LogP contribution in [0, 0.1) is 5.41 Å².